The van der Waals surface area contributed by atoms with E-state index in [9.17, 15) is 13.2 Å². The summed E-state index contributed by atoms with van der Waals surface area (Å²) in [4.78, 5) is 17.3. The molecule has 0 bridgehead atoms. The zero-order valence-corrected chi connectivity index (χ0v) is 19.7. The van der Waals surface area contributed by atoms with Crippen LogP contribution in [0.15, 0.2) is 51.8 Å². The average molecular weight is 455 g/mol. The van der Waals surface area contributed by atoms with Crippen molar-refractivity contribution < 1.29 is 13.2 Å². The molecule has 2 aliphatic heterocycles. The summed E-state index contributed by atoms with van der Waals surface area (Å²) < 4.78 is 28.8. The summed E-state index contributed by atoms with van der Waals surface area (Å²) in [5.41, 5.74) is 4.27. The van der Waals surface area contributed by atoms with E-state index in [1.807, 2.05) is 11.8 Å². The van der Waals surface area contributed by atoms with Crippen LogP contribution >= 0.6 is 0 Å². The minimum atomic E-state index is -3.70. The van der Waals surface area contributed by atoms with Crippen LogP contribution in [0.1, 0.15) is 30.9 Å². The fourth-order valence-electron chi connectivity index (χ4n) is 4.34. The van der Waals surface area contributed by atoms with Crippen molar-refractivity contribution in [1.82, 2.24) is 4.90 Å². The summed E-state index contributed by atoms with van der Waals surface area (Å²) in [5, 5.41) is 3.11. The van der Waals surface area contributed by atoms with Gasteiger partial charge in [0, 0.05) is 44.7 Å². The van der Waals surface area contributed by atoms with Gasteiger partial charge < -0.3 is 15.1 Å². The molecule has 1 fully saturated rings. The van der Waals surface area contributed by atoms with E-state index in [4.69, 9.17) is 0 Å². The number of benzene rings is 2. The Labute approximate surface area is 190 Å². The fourth-order valence-corrected chi connectivity index (χ4v) is 5.50. The second-order valence-electron chi connectivity index (χ2n) is 8.81. The molecule has 32 heavy (non-hydrogen) atoms. The Kier molecular flexibility index (Phi) is 6.24. The van der Waals surface area contributed by atoms with Gasteiger partial charge in [-0.25, -0.2) is 0 Å². The Bertz CT molecular complexity index is 1150. The zero-order valence-electron chi connectivity index (χ0n) is 18.8. The van der Waals surface area contributed by atoms with Crippen LogP contribution in [0.4, 0.5) is 11.4 Å². The number of aryl methyl sites for hydroxylation is 2. The van der Waals surface area contributed by atoms with Gasteiger partial charge in [-0.1, -0.05) is 31.2 Å². The van der Waals surface area contributed by atoms with Crippen LogP contribution in [0.25, 0.3) is 0 Å². The van der Waals surface area contributed by atoms with Gasteiger partial charge >= 0.3 is 0 Å². The summed E-state index contributed by atoms with van der Waals surface area (Å²) in [7, 11) is -3.70. The Balaban J connectivity index is 1.32. The smallest absolute Gasteiger partial charge is 0.286 e. The molecule has 1 amide bonds. The zero-order chi connectivity index (χ0) is 22.9. The predicted octanol–water partition coefficient (Wildman–Crippen LogP) is 3.58. The van der Waals surface area contributed by atoms with Gasteiger partial charge in [0.2, 0.25) is 5.91 Å². The summed E-state index contributed by atoms with van der Waals surface area (Å²) >= 11 is 0. The highest BCUT2D eigenvalue weighted by molar-refractivity contribution is 7.90. The molecule has 0 spiro atoms. The van der Waals surface area contributed by atoms with Gasteiger partial charge in [0.25, 0.3) is 10.0 Å². The molecule has 2 heterocycles. The molecule has 7 nitrogen and oxygen atoms in total. The van der Waals surface area contributed by atoms with Gasteiger partial charge in [0.1, 0.15) is 10.7 Å². The van der Waals surface area contributed by atoms with Crippen LogP contribution in [0.5, 0.6) is 0 Å². The van der Waals surface area contributed by atoms with E-state index in [2.05, 4.69) is 46.7 Å². The van der Waals surface area contributed by atoms with Crippen molar-refractivity contribution in [3.8, 4) is 0 Å². The molecule has 2 aromatic carbocycles. The molecule has 1 N–H and O–H groups in total. The molecular weight excluding hydrogens is 424 g/mol. The van der Waals surface area contributed by atoms with E-state index in [0.717, 1.165) is 13.1 Å². The molecule has 8 heteroatoms. The normalized spacial score (nSPS) is 18.4. The summed E-state index contributed by atoms with van der Waals surface area (Å²) in [6, 6.07) is 13.2. The first kappa shape index (κ1) is 22.3. The number of nitrogens with one attached hydrogen (secondary N) is 1. The number of para-hydroxylation sites is 1. The molecule has 0 radical (unpaired) electrons. The van der Waals surface area contributed by atoms with Gasteiger partial charge in [-0.15, -0.1) is 4.40 Å². The maximum Gasteiger partial charge on any atom is 0.286 e. The SMILES string of the molecule is Cc1ccc(C)c(N2CCN(C(=O)C[C@@H](C)CC3=NS(=O)(=O)c4ccccc4N3)CC2)c1. The number of rotatable bonds is 5. The van der Waals surface area contributed by atoms with Crippen LogP contribution in [0.3, 0.4) is 0 Å². The Morgan fingerprint density at radius 3 is 2.56 bits per heavy atom. The molecule has 0 unspecified atom stereocenters. The minimum Gasteiger partial charge on any atom is -0.368 e. The molecular formula is C24H30N4O3S. The van der Waals surface area contributed by atoms with E-state index in [1.54, 1.807) is 24.3 Å². The number of anilines is 2. The first-order valence-electron chi connectivity index (χ1n) is 11.0. The second-order valence-corrected chi connectivity index (χ2v) is 10.4. The number of nitrogens with zero attached hydrogens (tertiary/aromatic N) is 3. The maximum atomic E-state index is 12.9. The highest BCUT2D eigenvalue weighted by Gasteiger charge is 2.27. The van der Waals surface area contributed by atoms with Crippen molar-refractivity contribution in [2.45, 2.75) is 38.5 Å². The molecule has 0 aliphatic carbocycles. The van der Waals surface area contributed by atoms with Crippen molar-refractivity contribution in [1.29, 1.82) is 0 Å². The lowest BCUT2D eigenvalue weighted by molar-refractivity contribution is -0.132. The third-order valence-electron chi connectivity index (χ3n) is 6.08. The van der Waals surface area contributed by atoms with Crippen molar-refractivity contribution in [3.05, 3.63) is 53.6 Å². The Morgan fingerprint density at radius 1 is 1.09 bits per heavy atom. The van der Waals surface area contributed by atoms with Crippen LogP contribution in [-0.4, -0.2) is 51.2 Å². The number of hydrogen-bond donors (Lipinski definition) is 1. The number of carbonyl (C=O) groups is 1. The van der Waals surface area contributed by atoms with Crippen molar-refractivity contribution in [2.24, 2.45) is 10.3 Å². The molecule has 1 saturated heterocycles. The standard InChI is InChI=1S/C24H30N4O3S/c1-17-8-9-19(3)21(14-17)27-10-12-28(13-11-27)24(29)16-18(2)15-23-25-20-6-4-5-7-22(20)32(30,31)26-23/h4-9,14,18H,10-13,15-16H2,1-3H3,(H,25,26)/t18-/m0/s1. The van der Waals surface area contributed by atoms with E-state index in [-0.39, 0.29) is 16.7 Å². The summed E-state index contributed by atoms with van der Waals surface area (Å²) in [6.45, 7) is 9.19. The largest absolute Gasteiger partial charge is 0.368 e. The van der Waals surface area contributed by atoms with Gasteiger partial charge in [-0.3, -0.25) is 4.79 Å². The topological polar surface area (TPSA) is 82.1 Å². The summed E-state index contributed by atoms with van der Waals surface area (Å²) in [6.07, 6.45) is 0.771. The molecule has 0 saturated carbocycles. The van der Waals surface area contributed by atoms with E-state index < -0.39 is 10.0 Å². The van der Waals surface area contributed by atoms with Gasteiger partial charge in [0.05, 0.1) is 5.69 Å². The number of amidine groups is 1. The van der Waals surface area contributed by atoms with Crippen LogP contribution in [0.2, 0.25) is 0 Å². The van der Waals surface area contributed by atoms with Crippen molar-refractivity contribution in [3.63, 3.8) is 0 Å². The maximum absolute atomic E-state index is 12.9. The first-order chi connectivity index (χ1) is 15.2. The molecule has 4 rings (SSSR count). The number of sulfonamides is 1. The highest BCUT2D eigenvalue weighted by atomic mass is 32.2. The average Bonchev–Trinajstić information content (AvgIpc) is 2.75. The number of carbonyl (C=O) groups excluding carboxylic acids is 1. The highest BCUT2D eigenvalue weighted by Crippen LogP contribution is 2.28. The lowest BCUT2D eigenvalue weighted by atomic mass is 10.0. The molecule has 0 aromatic heterocycles. The Hall–Kier alpha value is -2.87. The third kappa shape index (κ3) is 4.80. The lowest BCUT2D eigenvalue weighted by Gasteiger charge is -2.37. The van der Waals surface area contributed by atoms with Crippen LogP contribution in [-0.2, 0) is 14.8 Å². The van der Waals surface area contributed by atoms with E-state index >= 15 is 0 Å². The Morgan fingerprint density at radius 2 is 1.81 bits per heavy atom. The number of fused-ring (bicyclic) bond motifs is 1. The van der Waals surface area contributed by atoms with Gasteiger partial charge in [-0.2, -0.15) is 8.42 Å². The van der Waals surface area contributed by atoms with E-state index in [1.165, 1.54) is 16.8 Å². The number of amides is 1. The fraction of sp³-hybridized carbons (Fsp3) is 0.417. The van der Waals surface area contributed by atoms with Crippen LogP contribution in [0, 0.1) is 19.8 Å². The molecule has 2 aliphatic rings. The second kappa shape index (κ2) is 8.94. The first-order valence-corrected chi connectivity index (χ1v) is 12.5. The number of piperazine rings is 1. The molecule has 170 valence electrons. The lowest BCUT2D eigenvalue weighted by Crippen LogP contribution is -2.49. The predicted molar refractivity (Wildman–Crippen MR) is 128 cm³/mol. The quantitative estimate of drug-likeness (QED) is 0.747. The monoisotopic (exact) mass is 454 g/mol. The van der Waals surface area contributed by atoms with Gasteiger partial charge in [-0.05, 0) is 49.1 Å². The number of hydrogen-bond acceptors (Lipinski definition) is 5. The molecule has 1 atom stereocenters. The van der Waals surface area contributed by atoms with E-state index in [0.29, 0.717) is 37.5 Å². The van der Waals surface area contributed by atoms with Crippen molar-refractivity contribution >= 4 is 33.1 Å². The minimum absolute atomic E-state index is 0.0220. The molecule has 2 aromatic rings. The van der Waals surface area contributed by atoms with Gasteiger partial charge in [0.15, 0.2) is 0 Å². The van der Waals surface area contributed by atoms with Crippen molar-refractivity contribution in [2.75, 3.05) is 36.4 Å². The summed E-state index contributed by atoms with van der Waals surface area (Å²) in [5.74, 6) is 0.479. The third-order valence-corrected chi connectivity index (χ3v) is 7.45. The van der Waals surface area contributed by atoms with Crippen LogP contribution < -0.4 is 10.2 Å².